The predicted molar refractivity (Wildman–Crippen MR) is 166 cm³/mol. The molecular weight excluding hydrogens is 543 g/mol. The number of hydrogen-bond donors (Lipinski definition) is 2. The third-order valence-electron chi connectivity index (χ3n) is 7.82. The van der Waals surface area contributed by atoms with E-state index >= 15 is 0 Å². The molecule has 0 unspecified atom stereocenters. The lowest BCUT2D eigenvalue weighted by Gasteiger charge is -2.15. The van der Waals surface area contributed by atoms with Crippen molar-refractivity contribution in [2.45, 2.75) is 19.4 Å². The number of fused-ring (bicyclic) bond motifs is 2. The zero-order chi connectivity index (χ0) is 29.3. The molecule has 6 heterocycles. The molecule has 1 saturated heterocycles. The molecule has 10 heteroatoms. The highest BCUT2D eigenvalue weighted by atomic mass is 19.1. The Bertz CT molecular complexity index is 1910. The molecule has 0 amide bonds. The first kappa shape index (κ1) is 27.2. The third-order valence-corrected chi connectivity index (χ3v) is 7.82. The van der Waals surface area contributed by atoms with E-state index in [9.17, 15) is 4.39 Å². The van der Waals surface area contributed by atoms with Crippen molar-refractivity contribution in [3.63, 3.8) is 0 Å². The van der Waals surface area contributed by atoms with Crippen LogP contribution < -0.4 is 4.74 Å². The van der Waals surface area contributed by atoms with Gasteiger partial charge in [0.1, 0.15) is 29.4 Å². The van der Waals surface area contributed by atoms with Crippen molar-refractivity contribution in [3.05, 3.63) is 78.5 Å². The van der Waals surface area contributed by atoms with Gasteiger partial charge in [-0.1, -0.05) is 0 Å². The summed E-state index contributed by atoms with van der Waals surface area (Å²) in [6.07, 6.45) is 7.89. The van der Waals surface area contributed by atoms with E-state index < -0.39 is 0 Å². The van der Waals surface area contributed by atoms with Crippen LogP contribution in [0.5, 0.6) is 5.75 Å². The summed E-state index contributed by atoms with van der Waals surface area (Å²) in [6.45, 7) is 4.35. The molecule has 9 nitrogen and oxygen atoms in total. The Morgan fingerprint density at radius 3 is 2.70 bits per heavy atom. The Balaban J connectivity index is 1.21. The number of aromatic nitrogens is 6. The average molecular weight is 577 g/mol. The Hall–Kier alpha value is -4.67. The minimum atomic E-state index is -0.359. The zero-order valence-corrected chi connectivity index (χ0v) is 24.3. The number of ether oxygens (including phenoxy) is 1. The number of hydrogen-bond acceptors (Lipinski definition) is 7. The number of nitrogens with zero attached hydrogens (tertiary/aromatic N) is 6. The number of nitrogens with one attached hydrogen (secondary N) is 2. The molecule has 43 heavy (non-hydrogen) atoms. The highest BCUT2D eigenvalue weighted by Gasteiger charge is 2.17. The molecule has 1 aliphatic heterocycles. The standard InChI is InChI=1S/C33H33FN8O/c1-41(2)20-21-13-23(19-35-18-21)27-5-6-29-32(38-27)33(40-39-29)30-17-26-28(37-30)7-8-36-31(26)22-14-24(34)16-25(15-22)43-12-11-42-9-3-4-10-42/h5-8,13-19,37H,3-4,9-12,20H2,1-2H3,(H,39,40). The molecule has 1 aromatic carbocycles. The Morgan fingerprint density at radius 2 is 1.84 bits per heavy atom. The molecule has 0 atom stereocenters. The van der Waals surface area contributed by atoms with Crippen LogP contribution >= 0.6 is 0 Å². The van der Waals surface area contributed by atoms with Gasteiger partial charge in [-0.15, -0.1) is 0 Å². The highest BCUT2D eigenvalue weighted by molar-refractivity contribution is 5.99. The topological polar surface area (TPSA) is 98.9 Å². The van der Waals surface area contributed by atoms with Gasteiger partial charge in [0.05, 0.1) is 22.6 Å². The number of benzene rings is 1. The normalized spacial score (nSPS) is 14.0. The van der Waals surface area contributed by atoms with Crippen LogP contribution in [0.3, 0.4) is 0 Å². The number of likely N-dealkylation sites (tertiary alicyclic amines) is 1. The van der Waals surface area contributed by atoms with E-state index in [1.54, 1.807) is 6.20 Å². The maximum Gasteiger partial charge on any atom is 0.135 e. The van der Waals surface area contributed by atoms with Crippen molar-refractivity contribution in [2.75, 3.05) is 40.3 Å². The van der Waals surface area contributed by atoms with E-state index in [1.807, 2.05) is 56.8 Å². The predicted octanol–water partition coefficient (Wildman–Crippen LogP) is 5.91. The van der Waals surface area contributed by atoms with Crippen LogP contribution in [0.1, 0.15) is 18.4 Å². The second-order valence-corrected chi connectivity index (χ2v) is 11.4. The summed E-state index contributed by atoms with van der Waals surface area (Å²) in [5, 5.41) is 8.57. The Morgan fingerprint density at radius 1 is 0.953 bits per heavy atom. The molecule has 0 aliphatic carbocycles. The fraction of sp³-hybridized carbons (Fsp3) is 0.273. The van der Waals surface area contributed by atoms with E-state index in [0.29, 0.717) is 29.3 Å². The number of rotatable bonds is 9. The molecule has 0 saturated carbocycles. The molecule has 1 fully saturated rings. The van der Waals surface area contributed by atoms with Crippen LogP contribution in [-0.2, 0) is 6.54 Å². The van der Waals surface area contributed by atoms with Gasteiger partial charge in [-0.3, -0.25) is 20.0 Å². The van der Waals surface area contributed by atoms with Gasteiger partial charge in [0.25, 0.3) is 0 Å². The summed E-state index contributed by atoms with van der Waals surface area (Å²) in [7, 11) is 4.07. The zero-order valence-electron chi connectivity index (χ0n) is 24.3. The molecule has 7 rings (SSSR count). The SMILES string of the molecule is CN(C)Cc1cncc(-c2ccc3[nH]nc(-c4cc5c(-c6cc(F)cc(OCCN7CCCC7)c6)nccc5[nH]4)c3n2)c1. The summed E-state index contributed by atoms with van der Waals surface area (Å²) in [5.41, 5.74) is 8.13. The van der Waals surface area contributed by atoms with E-state index in [1.165, 1.54) is 25.0 Å². The van der Waals surface area contributed by atoms with Crippen molar-refractivity contribution >= 4 is 21.9 Å². The fourth-order valence-corrected chi connectivity index (χ4v) is 5.82. The second kappa shape index (κ2) is 11.5. The van der Waals surface area contributed by atoms with Gasteiger partial charge in [-0.25, -0.2) is 9.37 Å². The van der Waals surface area contributed by atoms with Crippen molar-refractivity contribution in [1.82, 2.24) is 39.9 Å². The molecule has 0 radical (unpaired) electrons. The first-order valence-electron chi connectivity index (χ1n) is 14.6. The maximum atomic E-state index is 14.8. The lowest BCUT2D eigenvalue weighted by molar-refractivity contribution is 0.237. The number of H-pyrrole nitrogens is 2. The fourth-order valence-electron chi connectivity index (χ4n) is 5.82. The first-order chi connectivity index (χ1) is 21.0. The highest BCUT2D eigenvalue weighted by Crippen LogP contribution is 2.34. The first-order valence-corrected chi connectivity index (χ1v) is 14.6. The van der Waals surface area contributed by atoms with Crippen molar-refractivity contribution in [2.24, 2.45) is 0 Å². The largest absolute Gasteiger partial charge is 0.492 e. The molecule has 5 aromatic heterocycles. The molecule has 0 bridgehead atoms. The van der Waals surface area contributed by atoms with Crippen LogP contribution in [0.25, 0.3) is 55.8 Å². The summed E-state index contributed by atoms with van der Waals surface area (Å²) in [4.78, 5) is 22.0. The Kier molecular flexibility index (Phi) is 7.30. The van der Waals surface area contributed by atoms with Crippen molar-refractivity contribution in [3.8, 4) is 39.7 Å². The molecule has 2 N–H and O–H groups in total. The number of aromatic amines is 2. The van der Waals surface area contributed by atoms with Crippen LogP contribution in [0.2, 0.25) is 0 Å². The van der Waals surface area contributed by atoms with E-state index in [2.05, 4.69) is 41.0 Å². The van der Waals surface area contributed by atoms with Gasteiger partial charge in [0.2, 0.25) is 0 Å². The van der Waals surface area contributed by atoms with Crippen LogP contribution in [-0.4, -0.2) is 80.3 Å². The summed E-state index contributed by atoms with van der Waals surface area (Å²) < 4.78 is 20.7. The molecule has 6 aromatic rings. The lowest BCUT2D eigenvalue weighted by atomic mass is 10.1. The number of pyridine rings is 3. The van der Waals surface area contributed by atoms with Gasteiger partial charge >= 0.3 is 0 Å². The van der Waals surface area contributed by atoms with Crippen LogP contribution in [0.15, 0.2) is 67.1 Å². The van der Waals surface area contributed by atoms with Gasteiger partial charge in [0, 0.05) is 59.8 Å². The van der Waals surface area contributed by atoms with Crippen LogP contribution in [0, 0.1) is 5.82 Å². The smallest absolute Gasteiger partial charge is 0.135 e. The minimum absolute atomic E-state index is 0.359. The van der Waals surface area contributed by atoms with Gasteiger partial charge < -0.3 is 14.6 Å². The average Bonchev–Trinajstić information content (AvgIpc) is 3.76. The van der Waals surface area contributed by atoms with Gasteiger partial charge in [0.15, 0.2) is 0 Å². The van der Waals surface area contributed by atoms with Gasteiger partial charge in [-0.2, -0.15) is 5.10 Å². The van der Waals surface area contributed by atoms with Crippen molar-refractivity contribution < 1.29 is 9.13 Å². The molecule has 1 aliphatic rings. The quantitative estimate of drug-likeness (QED) is 0.221. The van der Waals surface area contributed by atoms with E-state index in [-0.39, 0.29) is 5.82 Å². The lowest BCUT2D eigenvalue weighted by Crippen LogP contribution is -2.25. The molecule has 0 spiro atoms. The third kappa shape index (κ3) is 5.71. The summed E-state index contributed by atoms with van der Waals surface area (Å²) in [5.74, 6) is 0.144. The molecular formula is C33H33FN8O. The summed E-state index contributed by atoms with van der Waals surface area (Å²) in [6, 6.07) is 14.8. The second-order valence-electron chi connectivity index (χ2n) is 11.4. The van der Waals surface area contributed by atoms with E-state index in [0.717, 1.165) is 70.6 Å². The monoisotopic (exact) mass is 576 g/mol. The summed E-state index contributed by atoms with van der Waals surface area (Å²) >= 11 is 0. The van der Waals surface area contributed by atoms with Gasteiger partial charge in [-0.05, 0) is 88.1 Å². The Labute approximate surface area is 248 Å². The molecule has 218 valence electrons. The van der Waals surface area contributed by atoms with Crippen LogP contribution in [0.4, 0.5) is 4.39 Å². The van der Waals surface area contributed by atoms with E-state index in [4.69, 9.17) is 9.72 Å². The number of halogens is 1. The maximum absolute atomic E-state index is 14.8. The minimum Gasteiger partial charge on any atom is -0.492 e. The van der Waals surface area contributed by atoms with Crippen molar-refractivity contribution in [1.29, 1.82) is 0 Å².